The van der Waals surface area contributed by atoms with Crippen LogP contribution in [0.5, 0.6) is 0 Å². The second-order valence-corrected chi connectivity index (χ2v) is 3.48. The zero-order valence-corrected chi connectivity index (χ0v) is 9.17. The molecule has 2 heterocycles. The van der Waals surface area contributed by atoms with Gasteiger partial charge in [-0.2, -0.15) is 4.99 Å². The number of likely N-dealkylation sites (N-methyl/N-ethyl adjacent to an activating group) is 1. The Balaban J connectivity index is 2.02. The number of carbonyl (C=O) groups excluding carboxylic acids is 2. The van der Waals surface area contributed by atoms with Crippen molar-refractivity contribution in [1.82, 2.24) is 15.2 Å². The number of rotatable bonds is 1. The molecule has 1 fully saturated rings. The third kappa shape index (κ3) is 2.77. The number of amides is 3. The van der Waals surface area contributed by atoms with Crippen LogP contribution >= 0.6 is 0 Å². The average molecular weight is 233 g/mol. The SMILES string of the molecule is CN1CC(=O)NC1=NC(=O)Nc1ccccn1. The predicted octanol–water partition coefficient (Wildman–Crippen LogP) is 0.0311. The topological polar surface area (TPSA) is 86.7 Å². The normalized spacial score (nSPS) is 17.1. The van der Waals surface area contributed by atoms with Gasteiger partial charge in [-0.25, -0.2) is 9.78 Å². The molecule has 0 atom stereocenters. The molecule has 0 aromatic carbocycles. The summed E-state index contributed by atoms with van der Waals surface area (Å²) < 4.78 is 0. The van der Waals surface area contributed by atoms with Crippen LogP contribution in [0.3, 0.4) is 0 Å². The summed E-state index contributed by atoms with van der Waals surface area (Å²) in [6.07, 6.45) is 1.56. The summed E-state index contributed by atoms with van der Waals surface area (Å²) in [6.45, 7) is 0.204. The molecule has 3 amide bonds. The fraction of sp³-hybridized carbons (Fsp3) is 0.200. The van der Waals surface area contributed by atoms with Crippen molar-refractivity contribution in [3.8, 4) is 0 Å². The largest absolute Gasteiger partial charge is 0.349 e. The molecule has 1 aromatic rings. The highest BCUT2D eigenvalue weighted by Gasteiger charge is 2.22. The van der Waals surface area contributed by atoms with Gasteiger partial charge in [0.2, 0.25) is 11.9 Å². The smallest absolute Gasteiger partial charge is 0.336 e. The molecule has 0 radical (unpaired) electrons. The van der Waals surface area contributed by atoms with E-state index in [-0.39, 0.29) is 18.4 Å². The van der Waals surface area contributed by atoms with Crippen LogP contribution in [0.2, 0.25) is 0 Å². The van der Waals surface area contributed by atoms with E-state index in [1.165, 1.54) is 0 Å². The summed E-state index contributed by atoms with van der Waals surface area (Å²) in [5, 5.41) is 4.96. The lowest BCUT2D eigenvalue weighted by molar-refractivity contribution is -0.118. The number of aliphatic imine (C=N–C) groups is 1. The summed E-state index contributed by atoms with van der Waals surface area (Å²) in [4.78, 5) is 31.7. The number of carbonyl (C=O) groups is 2. The zero-order chi connectivity index (χ0) is 12.3. The molecule has 1 saturated heterocycles. The van der Waals surface area contributed by atoms with Crippen molar-refractivity contribution in [3.05, 3.63) is 24.4 Å². The zero-order valence-electron chi connectivity index (χ0n) is 9.17. The molecule has 1 aliphatic rings. The third-order valence-corrected chi connectivity index (χ3v) is 2.10. The summed E-state index contributed by atoms with van der Waals surface area (Å²) in [5.74, 6) is 0.467. The van der Waals surface area contributed by atoms with Crippen molar-refractivity contribution in [3.63, 3.8) is 0 Å². The van der Waals surface area contributed by atoms with Crippen LogP contribution in [-0.4, -0.2) is 41.4 Å². The molecule has 0 unspecified atom stereocenters. The van der Waals surface area contributed by atoms with E-state index in [1.54, 1.807) is 36.3 Å². The minimum Gasteiger partial charge on any atom is -0.336 e. The molecule has 2 rings (SSSR count). The minimum absolute atomic E-state index is 0.183. The summed E-state index contributed by atoms with van der Waals surface area (Å²) in [6, 6.07) is 4.56. The highest BCUT2D eigenvalue weighted by Crippen LogP contribution is 2.01. The molecule has 1 aliphatic heterocycles. The van der Waals surface area contributed by atoms with Gasteiger partial charge in [-0.1, -0.05) is 6.07 Å². The van der Waals surface area contributed by atoms with Gasteiger partial charge >= 0.3 is 6.03 Å². The number of hydrogen-bond donors (Lipinski definition) is 2. The van der Waals surface area contributed by atoms with Gasteiger partial charge < -0.3 is 4.90 Å². The summed E-state index contributed by atoms with van der Waals surface area (Å²) in [7, 11) is 1.67. The quantitative estimate of drug-likeness (QED) is 0.716. The van der Waals surface area contributed by atoms with Crippen LogP contribution in [0.4, 0.5) is 10.6 Å². The van der Waals surface area contributed by atoms with E-state index in [0.29, 0.717) is 5.82 Å². The van der Waals surface area contributed by atoms with Crippen LogP contribution in [-0.2, 0) is 4.79 Å². The Kier molecular flexibility index (Phi) is 2.99. The first-order chi connectivity index (χ1) is 8.15. The van der Waals surface area contributed by atoms with Gasteiger partial charge in [-0.3, -0.25) is 15.4 Å². The van der Waals surface area contributed by atoms with Gasteiger partial charge in [0, 0.05) is 13.2 Å². The Hall–Kier alpha value is -2.44. The van der Waals surface area contributed by atoms with Crippen LogP contribution < -0.4 is 10.6 Å². The number of guanidine groups is 1. The lowest BCUT2D eigenvalue weighted by Gasteiger charge is -2.07. The molecule has 7 heteroatoms. The molecule has 0 spiro atoms. The van der Waals surface area contributed by atoms with Crippen LogP contribution in [0.25, 0.3) is 0 Å². The second-order valence-electron chi connectivity index (χ2n) is 3.48. The number of urea groups is 1. The maximum absolute atomic E-state index is 11.5. The van der Waals surface area contributed by atoms with Gasteiger partial charge in [-0.05, 0) is 12.1 Å². The first-order valence-corrected chi connectivity index (χ1v) is 4.97. The molecule has 1 aromatic heterocycles. The summed E-state index contributed by atoms with van der Waals surface area (Å²) >= 11 is 0. The number of pyridine rings is 1. The monoisotopic (exact) mass is 233 g/mol. The molecule has 2 N–H and O–H groups in total. The molecule has 7 nitrogen and oxygen atoms in total. The highest BCUT2D eigenvalue weighted by atomic mass is 16.2. The Labute approximate surface area is 97.5 Å². The van der Waals surface area contributed by atoms with E-state index in [1.807, 2.05) is 0 Å². The average Bonchev–Trinajstić information content (AvgIpc) is 2.58. The van der Waals surface area contributed by atoms with Crippen molar-refractivity contribution in [2.24, 2.45) is 4.99 Å². The van der Waals surface area contributed by atoms with Gasteiger partial charge in [0.25, 0.3) is 0 Å². The lowest BCUT2D eigenvalue weighted by Crippen LogP contribution is -2.29. The molecule has 88 valence electrons. The van der Waals surface area contributed by atoms with Gasteiger partial charge in [0.15, 0.2) is 0 Å². The first kappa shape index (κ1) is 11.1. The van der Waals surface area contributed by atoms with E-state index in [2.05, 4.69) is 20.6 Å². The summed E-state index contributed by atoms with van der Waals surface area (Å²) in [5.41, 5.74) is 0. The van der Waals surface area contributed by atoms with Crippen LogP contribution in [0, 0.1) is 0 Å². The maximum atomic E-state index is 11.5. The Morgan fingerprint density at radius 1 is 1.59 bits per heavy atom. The molecular formula is C10H11N5O2. The van der Waals surface area contributed by atoms with E-state index < -0.39 is 6.03 Å². The van der Waals surface area contributed by atoms with E-state index in [4.69, 9.17) is 0 Å². The number of anilines is 1. The van der Waals surface area contributed by atoms with E-state index in [9.17, 15) is 9.59 Å². The minimum atomic E-state index is -0.576. The Bertz CT molecular complexity index is 471. The number of nitrogens with zero attached hydrogens (tertiary/aromatic N) is 3. The van der Waals surface area contributed by atoms with Crippen molar-refractivity contribution in [2.45, 2.75) is 0 Å². The molecule has 17 heavy (non-hydrogen) atoms. The number of nitrogens with one attached hydrogen (secondary N) is 2. The van der Waals surface area contributed by atoms with Crippen molar-refractivity contribution in [1.29, 1.82) is 0 Å². The van der Waals surface area contributed by atoms with Crippen molar-refractivity contribution in [2.75, 3.05) is 18.9 Å². The molecule has 0 aliphatic carbocycles. The lowest BCUT2D eigenvalue weighted by atomic mass is 10.5. The first-order valence-electron chi connectivity index (χ1n) is 4.97. The number of aromatic nitrogens is 1. The predicted molar refractivity (Wildman–Crippen MR) is 61.5 cm³/mol. The van der Waals surface area contributed by atoms with Crippen LogP contribution in [0.1, 0.15) is 0 Å². The van der Waals surface area contributed by atoms with Crippen LogP contribution in [0.15, 0.2) is 29.4 Å². The molecule has 0 saturated carbocycles. The molecular weight excluding hydrogens is 222 g/mol. The standard InChI is InChI=1S/C10H11N5O2/c1-15-6-8(16)13-9(15)14-10(17)12-7-4-2-3-5-11-7/h2-5H,6H2,1H3,(H2,11,12,13,14,16,17). The number of hydrogen-bond acceptors (Lipinski definition) is 3. The fourth-order valence-corrected chi connectivity index (χ4v) is 1.33. The third-order valence-electron chi connectivity index (χ3n) is 2.10. The van der Waals surface area contributed by atoms with E-state index in [0.717, 1.165) is 0 Å². The van der Waals surface area contributed by atoms with Gasteiger partial charge in [0.1, 0.15) is 5.82 Å². The Morgan fingerprint density at radius 3 is 3.00 bits per heavy atom. The maximum Gasteiger partial charge on any atom is 0.349 e. The van der Waals surface area contributed by atoms with Gasteiger partial charge in [0.05, 0.1) is 6.54 Å². The highest BCUT2D eigenvalue weighted by molar-refractivity contribution is 6.09. The van der Waals surface area contributed by atoms with E-state index >= 15 is 0 Å². The molecule has 0 bridgehead atoms. The Morgan fingerprint density at radius 2 is 2.41 bits per heavy atom. The van der Waals surface area contributed by atoms with Crippen molar-refractivity contribution < 1.29 is 9.59 Å². The second kappa shape index (κ2) is 4.60. The van der Waals surface area contributed by atoms with Gasteiger partial charge in [-0.15, -0.1) is 0 Å². The fourth-order valence-electron chi connectivity index (χ4n) is 1.33. The van der Waals surface area contributed by atoms with Crippen molar-refractivity contribution >= 4 is 23.7 Å².